The summed E-state index contributed by atoms with van der Waals surface area (Å²) < 4.78 is 6.29. The molecule has 0 unspecified atom stereocenters. The number of amides is 4. The maximum absolute atomic E-state index is 13.5. The summed E-state index contributed by atoms with van der Waals surface area (Å²) in [7, 11) is 0. The number of nitrogens with zero attached hydrogens (tertiary/aromatic N) is 3. The van der Waals surface area contributed by atoms with Gasteiger partial charge in [0.25, 0.3) is 11.8 Å². The van der Waals surface area contributed by atoms with Crippen molar-refractivity contribution in [3.8, 4) is 5.75 Å². The second-order valence-electron chi connectivity index (χ2n) is 11.9. The third kappa shape index (κ3) is 4.55. The quantitative estimate of drug-likeness (QED) is 0.622. The smallest absolute Gasteiger partial charge is 0.329 e. The van der Waals surface area contributed by atoms with Crippen LogP contribution in [0.5, 0.6) is 5.75 Å². The maximum atomic E-state index is 13.5. The van der Waals surface area contributed by atoms with Crippen molar-refractivity contribution in [3.05, 3.63) is 59.2 Å². The first kappa shape index (κ1) is 24.9. The Balaban J connectivity index is 1.07. The number of para-hydroxylation sites is 2. The Hall–Kier alpha value is -3.39. The van der Waals surface area contributed by atoms with E-state index < -0.39 is 6.03 Å². The molecule has 38 heavy (non-hydrogen) atoms. The molecule has 2 aromatic carbocycles. The molecular formula is C30H36N4O4. The molecule has 1 spiro atoms. The van der Waals surface area contributed by atoms with E-state index in [1.54, 1.807) is 24.3 Å². The number of hydrogen-bond acceptors (Lipinski definition) is 5. The monoisotopic (exact) mass is 516 g/mol. The summed E-state index contributed by atoms with van der Waals surface area (Å²) in [5.41, 5.74) is 3.51. The lowest BCUT2D eigenvalue weighted by Crippen LogP contribution is -2.48. The molecule has 0 atom stereocenters. The highest BCUT2D eigenvalue weighted by Gasteiger charge is 2.40. The number of carbonyl (C=O) groups is 3. The topological polar surface area (TPSA) is 82.2 Å². The molecule has 4 heterocycles. The summed E-state index contributed by atoms with van der Waals surface area (Å²) in [6.45, 7) is 8.68. The van der Waals surface area contributed by atoms with Gasteiger partial charge in [-0.3, -0.25) is 14.5 Å². The highest BCUT2D eigenvalue weighted by Crippen LogP contribution is 2.43. The number of rotatable bonds is 4. The van der Waals surface area contributed by atoms with Crippen molar-refractivity contribution < 1.29 is 19.1 Å². The number of benzene rings is 2. The summed E-state index contributed by atoms with van der Waals surface area (Å²) in [4.78, 5) is 43.5. The largest absolute Gasteiger partial charge is 0.487 e. The summed E-state index contributed by atoms with van der Waals surface area (Å²) in [6.07, 6.45) is 5.19. The first-order valence-corrected chi connectivity index (χ1v) is 13.7. The van der Waals surface area contributed by atoms with Crippen molar-refractivity contribution in [2.45, 2.75) is 58.1 Å². The summed E-state index contributed by atoms with van der Waals surface area (Å²) >= 11 is 0. The molecule has 0 aliphatic carbocycles. The molecule has 0 aromatic heterocycles. The molecule has 200 valence electrons. The zero-order chi connectivity index (χ0) is 26.5. The van der Waals surface area contributed by atoms with E-state index >= 15 is 0 Å². The lowest BCUT2D eigenvalue weighted by Gasteiger charge is -2.47. The van der Waals surface area contributed by atoms with Crippen molar-refractivity contribution in [2.75, 3.05) is 37.6 Å². The zero-order valence-electron chi connectivity index (χ0n) is 22.3. The van der Waals surface area contributed by atoms with E-state index in [-0.39, 0.29) is 29.4 Å². The first-order valence-electron chi connectivity index (χ1n) is 13.7. The van der Waals surface area contributed by atoms with Gasteiger partial charge < -0.3 is 15.0 Å². The Labute approximate surface area is 223 Å². The third-order valence-electron chi connectivity index (χ3n) is 8.81. The molecule has 2 aromatic rings. The van der Waals surface area contributed by atoms with Gasteiger partial charge in [-0.1, -0.05) is 30.3 Å². The third-order valence-corrected chi connectivity index (χ3v) is 8.81. The predicted octanol–water partition coefficient (Wildman–Crippen LogP) is 3.97. The minimum Gasteiger partial charge on any atom is -0.487 e. The van der Waals surface area contributed by atoms with Gasteiger partial charge in [-0.25, -0.2) is 9.69 Å². The molecule has 0 radical (unpaired) electrons. The number of anilines is 1. The number of likely N-dealkylation sites (tertiary alicyclic amines) is 2. The molecule has 0 saturated carbocycles. The van der Waals surface area contributed by atoms with Gasteiger partial charge in [0.15, 0.2) is 0 Å². The van der Waals surface area contributed by atoms with Crippen LogP contribution in [0.4, 0.5) is 10.5 Å². The van der Waals surface area contributed by atoms with Gasteiger partial charge in [0.2, 0.25) is 0 Å². The van der Waals surface area contributed by atoms with Crippen LogP contribution in [0.3, 0.4) is 0 Å². The second-order valence-corrected chi connectivity index (χ2v) is 11.9. The lowest BCUT2D eigenvalue weighted by atomic mass is 9.71. The summed E-state index contributed by atoms with van der Waals surface area (Å²) in [5, 5.41) is 2.54. The van der Waals surface area contributed by atoms with Crippen molar-refractivity contribution in [1.82, 2.24) is 15.1 Å². The number of carbonyl (C=O) groups excluding carboxylic acids is 3. The fourth-order valence-electron chi connectivity index (χ4n) is 6.60. The SMILES string of the molecule is CC1(C)Cc2cccc(CN3CCC4(CC3)CCN(C(=O)c3ccccc3N3C(=O)CNC3=O)CC4)c2O1. The average Bonchev–Trinajstić information content (AvgIpc) is 3.42. The van der Waals surface area contributed by atoms with Gasteiger partial charge in [-0.2, -0.15) is 0 Å². The molecule has 4 aliphatic heterocycles. The van der Waals surface area contributed by atoms with E-state index in [9.17, 15) is 14.4 Å². The normalized spacial score (nSPS) is 22.4. The van der Waals surface area contributed by atoms with E-state index in [1.165, 1.54) is 11.1 Å². The van der Waals surface area contributed by atoms with Crippen LogP contribution in [-0.4, -0.2) is 66.0 Å². The first-order chi connectivity index (χ1) is 18.2. The van der Waals surface area contributed by atoms with E-state index in [1.807, 2.05) is 4.90 Å². The van der Waals surface area contributed by atoms with Gasteiger partial charge >= 0.3 is 6.03 Å². The van der Waals surface area contributed by atoms with Gasteiger partial charge in [0.1, 0.15) is 11.4 Å². The average molecular weight is 517 g/mol. The minimum atomic E-state index is -0.477. The number of fused-ring (bicyclic) bond motifs is 1. The van der Waals surface area contributed by atoms with E-state index in [2.05, 4.69) is 42.3 Å². The van der Waals surface area contributed by atoms with Crippen LogP contribution < -0.4 is 15.0 Å². The number of ether oxygens (including phenoxy) is 1. The number of urea groups is 1. The van der Waals surface area contributed by atoms with Crippen LogP contribution in [0, 0.1) is 5.41 Å². The van der Waals surface area contributed by atoms with Crippen LogP contribution in [0.1, 0.15) is 61.0 Å². The highest BCUT2D eigenvalue weighted by atomic mass is 16.5. The van der Waals surface area contributed by atoms with Gasteiger partial charge in [0.05, 0.1) is 17.8 Å². The molecule has 1 N–H and O–H groups in total. The second kappa shape index (κ2) is 9.42. The Bertz CT molecular complexity index is 1250. The minimum absolute atomic E-state index is 0.0393. The molecule has 4 amide bonds. The van der Waals surface area contributed by atoms with Crippen LogP contribution in [0.2, 0.25) is 0 Å². The molecule has 4 aliphatic rings. The molecule has 3 fully saturated rings. The standard InChI is InChI=1S/C30H36N4O4/c1-29(2)18-21-6-5-7-22(26(21)38-29)20-32-14-10-30(11-15-32)12-16-33(17-13-30)27(36)23-8-3-4-9-24(23)34-25(35)19-31-28(34)37/h3-9H,10-20H2,1-2H3,(H,31,37). The number of imide groups is 1. The highest BCUT2D eigenvalue weighted by molar-refractivity contribution is 6.22. The van der Waals surface area contributed by atoms with E-state index in [0.717, 1.165) is 62.4 Å². The lowest BCUT2D eigenvalue weighted by molar-refractivity contribution is -0.115. The van der Waals surface area contributed by atoms with Crippen LogP contribution in [0.15, 0.2) is 42.5 Å². The Kier molecular flexibility index (Phi) is 6.17. The molecule has 0 bridgehead atoms. The number of nitrogens with one attached hydrogen (secondary N) is 1. The summed E-state index contributed by atoms with van der Waals surface area (Å²) in [6, 6.07) is 13.0. The van der Waals surface area contributed by atoms with Gasteiger partial charge in [-0.05, 0) is 75.7 Å². The van der Waals surface area contributed by atoms with Crippen molar-refractivity contribution in [2.24, 2.45) is 5.41 Å². The molecule has 3 saturated heterocycles. The Morgan fingerprint density at radius 3 is 2.37 bits per heavy atom. The Morgan fingerprint density at radius 1 is 0.947 bits per heavy atom. The molecular weight excluding hydrogens is 480 g/mol. The van der Waals surface area contributed by atoms with Crippen molar-refractivity contribution in [1.29, 1.82) is 0 Å². The molecule has 8 nitrogen and oxygen atoms in total. The van der Waals surface area contributed by atoms with Crippen LogP contribution in [0.25, 0.3) is 0 Å². The van der Waals surface area contributed by atoms with Crippen LogP contribution >= 0.6 is 0 Å². The van der Waals surface area contributed by atoms with Gasteiger partial charge in [-0.15, -0.1) is 0 Å². The summed E-state index contributed by atoms with van der Waals surface area (Å²) in [5.74, 6) is 0.634. The van der Waals surface area contributed by atoms with Crippen LogP contribution in [-0.2, 0) is 17.8 Å². The van der Waals surface area contributed by atoms with Crippen molar-refractivity contribution >= 4 is 23.5 Å². The fraction of sp³-hybridized carbons (Fsp3) is 0.500. The van der Waals surface area contributed by atoms with Crippen molar-refractivity contribution in [3.63, 3.8) is 0 Å². The van der Waals surface area contributed by atoms with E-state index in [0.29, 0.717) is 24.3 Å². The van der Waals surface area contributed by atoms with Gasteiger partial charge in [0, 0.05) is 31.6 Å². The predicted molar refractivity (Wildman–Crippen MR) is 144 cm³/mol. The van der Waals surface area contributed by atoms with E-state index in [4.69, 9.17) is 4.74 Å². The molecule has 6 rings (SSSR count). The maximum Gasteiger partial charge on any atom is 0.329 e. The zero-order valence-corrected chi connectivity index (χ0v) is 22.3. The molecule has 8 heteroatoms. The number of hydrogen-bond donors (Lipinski definition) is 1. The Morgan fingerprint density at radius 2 is 1.66 bits per heavy atom. The fourth-order valence-corrected chi connectivity index (χ4v) is 6.60. The number of piperidine rings is 2.